The van der Waals surface area contributed by atoms with Gasteiger partial charge < -0.3 is 5.32 Å². The molecule has 0 radical (unpaired) electrons. The number of hydrogen-bond donors (Lipinski definition) is 1. The molecule has 0 aliphatic carbocycles. The molecule has 2 rings (SSSR count). The van der Waals surface area contributed by atoms with Gasteiger partial charge >= 0.3 is 0 Å². The summed E-state index contributed by atoms with van der Waals surface area (Å²) in [4.78, 5) is 0. The molecule has 1 atom stereocenters. The van der Waals surface area contributed by atoms with Crippen LogP contribution in [-0.2, 0) is 6.54 Å². The molecular weight excluding hydrogens is 265 g/mol. The highest BCUT2D eigenvalue weighted by molar-refractivity contribution is 5.35. The second kappa shape index (κ2) is 7.36. The van der Waals surface area contributed by atoms with Crippen molar-refractivity contribution in [3.8, 4) is 0 Å². The zero-order valence-corrected chi connectivity index (χ0v) is 13.1. The van der Waals surface area contributed by atoms with Gasteiger partial charge in [0.05, 0.1) is 11.7 Å². The minimum absolute atomic E-state index is 0.0188. The number of aryl methyl sites for hydroxylation is 2. The number of nitrogens with one attached hydrogen (secondary N) is 1. The van der Waals surface area contributed by atoms with E-state index in [0.717, 1.165) is 42.8 Å². The van der Waals surface area contributed by atoms with Gasteiger partial charge in [0, 0.05) is 12.7 Å². The van der Waals surface area contributed by atoms with Crippen LogP contribution in [0, 0.1) is 12.7 Å². The van der Waals surface area contributed by atoms with Gasteiger partial charge in [-0.1, -0.05) is 19.9 Å². The Morgan fingerprint density at radius 2 is 2.05 bits per heavy atom. The summed E-state index contributed by atoms with van der Waals surface area (Å²) in [5.74, 6) is -0.194. The summed E-state index contributed by atoms with van der Waals surface area (Å²) in [7, 11) is 0. The van der Waals surface area contributed by atoms with Crippen molar-refractivity contribution in [2.24, 2.45) is 0 Å². The number of rotatable bonds is 7. The van der Waals surface area contributed by atoms with Gasteiger partial charge in [-0.05, 0) is 55.6 Å². The first kappa shape index (κ1) is 15.7. The number of nitrogens with zero attached hydrogens (tertiary/aromatic N) is 2. The van der Waals surface area contributed by atoms with E-state index in [9.17, 15) is 4.39 Å². The first-order chi connectivity index (χ1) is 10.2. The van der Waals surface area contributed by atoms with Gasteiger partial charge in [-0.3, -0.25) is 4.68 Å². The molecular formula is C17H24FN3. The molecule has 0 fully saturated rings. The lowest BCUT2D eigenvalue weighted by molar-refractivity contribution is 0.508. The van der Waals surface area contributed by atoms with Gasteiger partial charge in [0.25, 0.3) is 0 Å². The van der Waals surface area contributed by atoms with Crippen LogP contribution in [0.25, 0.3) is 0 Å². The van der Waals surface area contributed by atoms with Crippen molar-refractivity contribution in [2.75, 3.05) is 6.54 Å². The van der Waals surface area contributed by atoms with Crippen molar-refractivity contribution < 1.29 is 4.39 Å². The highest BCUT2D eigenvalue weighted by Gasteiger charge is 2.19. The van der Waals surface area contributed by atoms with E-state index in [1.807, 2.05) is 29.9 Å². The molecule has 114 valence electrons. The molecule has 0 bridgehead atoms. The third kappa shape index (κ3) is 3.70. The smallest absolute Gasteiger partial charge is 0.123 e. The Morgan fingerprint density at radius 3 is 2.76 bits per heavy atom. The lowest BCUT2D eigenvalue weighted by Gasteiger charge is -2.22. The predicted molar refractivity (Wildman–Crippen MR) is 83.8 cm³/mol. The monoisotopic (exact) mass is 289 g/mol. The Kier molecular flexibility index (Phi) is 5.51. The van der Waals surface area contributed by atoms with Gasteiger partial charge in [0.1, 0.15) is 5.82 Å². The van der Waals surface area contributed by atoms with Crippen LogP contribution in [0.4, 0.5) is 4.39 Å². The molecule has 0 saturated carbocycles. The fourth-order valence-corrected chi connectivity index (χ4v) is 2.57. The molecule has 1 N–H and O–H groups in total. The number of aromatic nitrogens is 2. The van der Waals surface area contributed by atoms with E-state index in [1.165, 1.54) is 6.07 Å². The summed E-state index contributed by atoms with van der Waals surface area (Å²) < 4.78 is 15.7. The Balaban J connectivity index is 2.42. The fourth-order valence-electron chi connectivity index (χ4n) is 2.57. The standard InChI is InChI=1S/C17H24FN3/c1-4-9-19-17(15-12-14(18)7-6-13(15)3)16-8-10-20-21(16)11-5-2/h6-8,10,12,17,19H,4-5,9,11H2,1-3H3. The maximum Gasteiger partial charge on any atom is 0.123 e. The second-order valence-electron chi connectivity index (χ2n) is 5.37. The summed E-state index contributed by atoms with van der Waals surface area (Å²) in [5.41, 5.74) is 3.18. The summed E-state index contributed by atoms with van der Waals surface area (Å²) in [6.45, 7) is 8.05. The summed E-state index contributed by atoms with van der Waals surface area (Å²) in [5, 5.41) is 7.92. The Bertz CT molecular complexity index is 577. The van der Waals surface area contributed by atoms with E-state index in [2.05, 4.69) is 24.3 Å². The summed E-state index contributed by atoms with van der Waals surface area (Å²) in [6, 6.07) is 6.99. The van der Waals surface area contributed by atoms with Crippen LogP contribution >= 0.6 is 0 Å². The third-order valence-electron chi connectivity index (χ3n) is 3.63. The Labute approximate surface area is 126 Å². The molecule has 1 unspecified atom stereocenters. The molecule has 21 heavy (non-hydrogen) atoms. The first-order valence-corrected chi connectivity index (χ1v) is 7.68. The molecule has 0 amide bonds. The number of halogens is 1. The van der Waals surface area contributed by atoms with E-state index in [1.54, 1.807) is 6.07 Å². The molecule has 3 nitrogen and oxygen atoms in total. The highest BCUT2D eigenvalue weighted by Crippen LogP contribution is 2.26. The minimum Gasteiger partial charge on any atom is -0.305 e. The van der Waals surface area contributed by atoms with Crippen molar-refractivity contribution in [3.63, 3.8) is 0 Å². The fraction of sp³-hybridized carbons (Fsp3) is 0.471. The number of benzene rings is 1. The lowest BCUT2D eigenvalue weighted by Crippen LogP contribution is -2.26. The van der Waals surface area contributed by atoms with Crippen LogP contribution in [0.3, 0.4) is 0 Å². The predicted octanol–water partition coefficient (Wildman–Crippen LogP) is 3.83. The SMILES string of the molecule is CCCNC(c1cc(F)ccc1C)c1ccnn1CCC. The molecule has 1 heterocycles. The minimum atomic E-state index is -0.194. The van der Waals surface area contributed by atoms with E-state index in [-0.39, 0.29) is 11.9 Å². The molecule has 1 aromatic carbocycles. The summed E-state index contributed by atoms with van der Waals surface area (Å²) in [6.07, 6.45) is 3.88. The average Bonchev–Trinajstić information content (AvgIpc) is 2.92. The van der Waals surface area contributed by atoms with Crippen LogP contribution in [-0.4, -0.2) is 16.3 Å². The molecule has 1 aromatic heterocycles. The van der Waals surface area contributed by atoms with Crippen molar-refractivity contribution in [1.82, 2.24) is 15.1 Å². The zero-order chi connectivity index (χ0) is 15.2. The van der Waals surface area contributed by atoms with E-state index < -0.39 is 0 Å². The first-order valence-electron chi connectivity index (χ1n) is 7.68. The van der Waals surface area contributed by atoms with Crippen LogP contribution in [0.2, 0.25) is 0 Å². The molecule has 2 aromatic rings. The van der Waals surface area contributed by atoms with Crippen molar-refractivity contribution in [3.05, 3.63) is 53.1 Å². The van der Waals surface area contributed by atoms with Crippen LogP contribution in [0.1, 0.15) is 49.6 Å². The van der Waals surface area contributed by atoms with E-state index in [4.69, 9.17) is 0 Å². The molecule has 0 saturated heterocycles. The average molecular weight is 289 g/mol. The van der Waals surface area contributed by atoms with Crippen LogP contribution < -0.4 is 5.32 Å². The van der Waals surface area contributed by atoms with Gasteiger partial charge in [0.15, 0.2) is 0 Å². The normalized spacial score (nSPS) is 12.6. The van der Waals surface area contributed by atoms with Crippen molar-refractivity contribution in [2.45, 2.75) is 46.2 Å². The Hall–Kier alpha value is -1.68. The maximum absolute atomic E-state index is 13.7. The topological polar surface area (TPSA) is 29.9 Å². The third-order valence-corrected chi connectivity index (χ3v) is 3.63. The zero-order valence-electron chi connectivity index (χ0n) is 13.1. The molecule has 0 aliphatic rings. The van der Waals surface area contributed by atoms with Crippen LogP contribution in [0.15, 0.2) is 30.5 Å². The summed E-state index contributed by atoms with van der Waals surface area (Å²) >= 11 is 0. The van der Waals surface area contributed by atoms with E-state index in [0.29, 0.717) is 0 Å². The van der Waals surface area contributed by atoms with E-state index >= 15 is 0 Å². The lowest BCUT2D eigenvalue weighted by atomic mass is 9.98. The molecule has 0 aliphatic heterocycles. The van der Waals surface area contributed by atoms with Gasteiger partial charge in [-0.25, -0.2) is 4.39 Å². The van der Waals surface area contributed by atoms with Gasteiger partial charge in [-0.2, -0.15) is 5.10 Å². The quantitative estimate of drug-likeness (QED) is 0.839. The van der Waals surface area contributed by atoms with Crippen molar-refractivity contribution >= 4 is 0 Å². The number of hydrogen-bond acceptors (Lipinski definition) is 2. The van der Waals surface area contributed by atoms with Gasteiger partial charge in [-0.15, -0.1) is 0 Å². The second-order valence-corrected chi connectivity index (χ2v) is 5.37. The molecule has 4 heteroatoms. The van der Waals surface area contributed by atoms with Gasteiger partial charge in [0.2, 0.25) is 0 Å². The van der Waals surface area contributed by atoms with Crippen LogP contribution in [0.5, 0.6) is 0 Å². The highest BCUT2D eigenvalue weighted by atomic mass is 19.1. The maximum atomic E-state index is 13.7. The van der Waals surface area contributed by atoms with Crippen molar-refractivity contribution in [1.29, 1.82) is 0 Å². The Morgan fingerprint density at radius 1 is 1.24 bits per heavy atom. The molecule has 0 spiro atoms. The largest absolute Gasteiger partial charge is 0.305 e.